The molecule has 1 aromatic carbocycles. The minimum absolute atomic E-state index is 0.239. The van der Waals surface area contributed by atoms with Crippen LogP contribution in [0.25, 0.3) is 10.9 Å². The van der Waals surface area contributed by atoms with Crippen molar-refractivity contribution in [2.75, 3.05) is 0 Å². The van der Waals surface area contributed by atoms with Gasteiger partial charge in [0, 0.05) is 11.6 Å². The number of aromatic carboxylic acids is 1. The second kappa shape index (κ2) is 4.14. The quantitative estimate of drug-likeness (QED) is 0.797. The van der Waals surface area contributed by atoms with Crippen molar-refractivity contribution >= 4 is 16.9 Å². The predicted molar refractivity (Wildman–Crippen MR) is 62.6 cm³/mol. The van der Waals surface area contributed by atoms with Crippen molar-refractivity contribution in [2.24, 2.45) is 0 Å². The highest BCUT2D eigenvalue weighted by Crippen LogP contribution is 2.18. The monoisotopic (exact) mass is 213 g/mol. The summed E-state index contributed by atoms with van der Waals surface area (Å²) < 4.78 is 0. The van der Waals surface area contributed by atoms with E-state index in [2.05, 4.69) is 11.6 Å². The molecule has 0 radical (unpaired) electrons. The number of aromatic nitrogens is 1. The molecule has 80 valence electrons. The van der Waals surface area contributed by atoms with Gasteiger partial charge in [0.2, 0.25) is 0 Å². The number of pyridine rings is 1. The fraction of sp³-hybridized carbons (Fsp3) is 0.0769. The van der Waals surface area contributed by atoms with E-state index in [1.54, 1.807) is 24.4 Å². The first-order chi connectivity index (χ1) is 7.72. The molecule has 2 rings (SSSR count). The van der Waals surface area contributed by atoms with Crippen LogP contribution in [0.15, 0.2) is 43.1 Å². The van der Waals surface area contributed by atoms with Crippen LogP contribution in [0, 0.1) is 0 Å². The number of fused-ring (bicyclic) bond motifs is 1. The van der Waals surface area contributed by atoms with E-state index >= 15 is 0 Å². The molecule has 0 aliphatic heterocycles. The minimum Gasteiger partial charge on any atom is -0.478 e. The zero-order valence-corrected chi connectivity index (χ0v) is 8.68. The molecule has 16 heavy (non-hydrogen) atoms. The summed E-state index contributed by atoms with van der Waals surface area (Å²) in [5.74, 6) is -0.949. The van der Waals surface area contributed by atoms with Gasteiger partial charge in [-0.3, -0.25) is 4.98 Å². The Hall–Kier alpha value is -2.16. The van der Waals surface area contributed by atoms with E-state index in [0.29, 0.717) is 5.52 Å². The lowest BCUT2D eigenvalue weighted by atomic mass is 10.1. The lowest BCUT2D eigenvalue weighted by Crippen LogP contribution is -1.99. The molecule has 2 aromatic rings. The van der Waals surface area contributed by atoms with Crippen LogP contribution in [0.4, 0.5) is 0 Å². The van der Waals surface area contributed by atoms with Gasteiger partial charge in [-0.25, -0.2) is 4.79 Å². The van der Waals surface area contributed by atoms with Crippen molar-refractivity contribution in [3.63, 3.8) is 0 Å². The summed E-state index contributed by atoms with van der Waals surface area (Å²) in [6, 6.07) is 7.09. The Kier molecular flexibility index (Phi) is 2.68. The summed E-state index contributed by atoms with van der Waals surface area (Å²) in [6.45, 7) is 3.66. The van der Waals surface area contributed by atoms with Gasteiger partial charge in [0.25, 0.3) is 0 Å². The zero-order chi connectivity index (χ0) is 11.5. The summed E-state index contributed by atoms with van der Waals surface area (Å²) in [5, 5.41) is 9.85. The third-order valence-corrected chi connectivity index (χ3v) is 2.38. The SMILES string of the molecule is C=CCc1cnc2c(C(=O)O)cccc2c1. The zero-order valence-electron chi connectivity index (χ0n) is 8.68. The summed E-state index contributed by atoms with van der Waals surface area (Å²) in [5.41, 5.74) is 1.80. The number of hydrogen-bond acceptors (Lipinski definition) is 2. The van der Waals surface area contributed by atoms with E-state index in [9.17, 15) is 4.79 Å². The fourth-order valence-corrected chi connectivity index (χ4v) is 1.66. The minimum atomic E-state index is -0.949. The summed E-state index contributed by atoms with van der Waals surface area (Å²) in [6.07, 6.45) is 4.22. The number of rotatable bonds is 3. The van der Waals surface area contributed by atoms with Gasteiger partial charge in [0.1, 0.15) is 0 Å². The first-order valence-electron chi connectivity index (χ1n) is 4.94. The number of carboxylic acid groups (broad SMARTS) is 1. The number of allylic oxidation sites excluding steroid dienone is 1. The molecule has 0 aliphatic carbocycles. The molecule has 3 nitrogen and oxygen atoms in total. The van der Waals surface area contributed by atoms with Crippen LogP contribution >= 0.6 is 0 Å². The molecule has 3 heteroatoms. The second-order valence-corrected chi connectivity index (χ2v) is 3.52. The Bertz CT molecular complexity index is 561. The molecule has 0 aliphatic rings. The van der Waals surface area contributed by atoms with Gasteiger partial charge in [-0.05, 0) is 24.1 Å². The van der Waals surface area contributed by atoms with Gasteiger partial charge in [-0.15, -0.1) is 6.58 Å². The van der Waals surface area contributed by atoms with Gasteiger partial charge in [0.15, 0.2) is 0 Å². The molecule has 1 N–H and O–H groups in total. The smallest absolute Gasteiger partial charge is 0.337 e. The molecule has 0 amide bonds. The third kappa shape index (κ3) is 1.80. The lowest BCUT2D eigenvalue weighted by molar-refractivity contribution is 0.0699. The Labute approximate surface area is 93.1 Å². The maximum atomic E-state index is 11.0. The summed E-state index contributed by atoms with van der Waals surface area (Å²) in [7, 11) is 0. The fourth-order valence-electron chi connectivity index (χ4n) is 1.66. The van der Waals surface area contributed by atoms with Crippen LogP contribution in [0.2, 0.25) is 0 Å². The Morgan fingerprint density at radius 1 is 1.50 bits per heavy atom. The molecule has 0 unspecified atom stereocenters. The van der Waals surface area contributed by atoms with Crippen molar-refractivity contribution in [1.82, 2.24) is 4.98 Å². The Balaban J connectivity index is 2.63. The molecule has 0 bridgehead atoms. The van der Waals surface area contributed by atoms with E-state index in [4.69, 9.17) is 5.11 Å². The van der Waals surface area contributed by atoms with Gasteiger partial charge >= 0.3 is 5.97 Å². The molecule has 1 aromatic heterocycles. The van der Waals surface area contributed by atoms with Gasteiger partial charge in [0.05, 0.1) is 11.1 Å². The predicted octanol–water partition coefficient (Wildman–Crippen LogP) is 2.66. The first-order valence-corrected chi connectivity index (χ1v) is 4.94. The number of para-hydroxylation sites is 1. The van der Waals surface area contributed by atoms with Gasteiger partial charge in [-0.1, -0.05) is 18.2 Å². The molecular weight excluding hydrogens is 202 g/mol. The standard InChI is InChI=1S/C13H11NO2/c1-2-4-9-7-10-5-3-6-11(13(15)16)12(10)14-8-9/h2-3,5-8H,1,4H2,(H,15,16). The largest absolute Gasteiger partial charge is 0.478 e. The average Bonchev–Trinajstić information content (AvgIpc) is 2.28. The number of hydrogen-bond donors (Lipinski definition) is 1. The Morgan fingerprint density at radius 3 is 3.00 bits per heavy atom. The topological polar surface area (TPSA) is 50.2 Å². The number of carbonyl (C=O) groups is 1. The van der Waals surface area contributed by atoms with Crippen molar-refractivity contribution in [2.45, 2.75) is 6.42 Å². The van der Waals surface area contributed by atoms with Crippen LogP contribution in [-0.4, -0.2) is 16.1 Å². The third-order valence-electron chi connectivity index (χ3n) is 2.38. The first kappa shape index (κ1) is 10.4. The summed E-state index contributed by atoms with van der Waals surface area (Å²) in [4.78, 5) is 15.2. The number of carboxylic acids is 1. The summed E-state index contributed by atoms with van der Waals surface area (Å²) >= 11 is 0. The maximum absolute atomic E-state index is 11.0. The highest BCUT2D eigenvalue weighted by molar-refractivity contribution is 6.01. The van der Waals surface area contributed by atoms with Crippen LogP contribution < -0.4 is 0 Å². The molecule has 0 spiro atoms. The van der Waals surface area contributed by atoms with Crippen molar-refractivity contribution < 1.29 is 9.90 Å². The van der Waals surface area contributed by atoms with Crippen LogP contribution in [0.1, 0.15) is 15.9 Å². The van der Waals surface area contributed by atoms with Crippen LogP contribution in [0.5, 0.6) is 0 Å². The van der Waals surface area contributed by atoms with E-state index < -0.39 is 5.97 Å². The van der Waals surface area contributed by atoms with Gasteiger partial charge < -0.3 is 5.11 Å². The van der Waals surface area contributed by atoms with E-state index in [1.165, 1.54) is 0 Å². The second-order valence-electron chi connectivity index (χ2n) is 3.52. The molecule has 0 saturated carbocycles. The molecule has 0 saturated heterocycles. The highest BCUT2D eigenvalue weighted by atomic mass is 16.4. The number of benzene rings is 1. The average molecular weight is 213 g/mol. The van der Waals surface area contributed by atoms with Crippen molar-refractivity contribution in [3.8, 4) is 0 Å². The Morgan fingerprint density at radius 2 is 2.31 bits per heavy atom. The van der Waals surface area contributed by atoms with E-state index in [1.807, 2.05) is 12.1 Å². The molecule has 0 fully saturated rings. The molecule has 1 heterocycles. The lowest BCUT2D eigenvalue weighted by Gasteiger charge is -2.03. The highest BCUT2D eigenvalue weighted by Gasteiger charge is 2.08. The van der Waals surface area contributed by atoms with Crippen LogP contribution in [0.3, 0.4) is 0 Å². The normalized spacial score (nSPS) is 10.2. The molecular formula is C13H11NO2. The van der Waals surface area contributed by atoms with Crippen molar-refractivity contribution in [1.29, 1.82) is 0 Å². The molecule has 0 atom stereocenters. The number of nitrogens with zero attached hydrogens (tertiary/aromatic N) is 1. The van der Waals surface area contributed by atoms with Crippen molar-refractivity contribution in [3.05, 3.63) is 54.2 Å². The van der Waals surface area contributed by atoms with Crippen LogP contribution in [-0.2, 0) is 6.42 Å². The van der Waals surface area contributed by atoms with E-state index in [0.717, 1.165) is 17.4 Å². The van der Waals surface area contributed by atoms with E-state index in [-0.39, 0.29) is 5.56 Å². The maximum Gasteiger partial charge on any atom is 0.337 e. The van der Waals surface area contributed by atoms with Gasteiger partial charge in [-0.2, -0.15) is 0 Å².